The monoisotopic (exact) mass is 358 g/mol. The Bertz CT molecular complexity index is 843. The van der Waals surface area contributed by atoms with Gasteiger partial charge in [-0.2, -0.15) is 0 Å². The number of carbonyl (C=O) groups excluding carboxylic acids is 2. The fourth-order valence-corrected chi connectivity index (χ4v) is 3.85. The molecular weight excluding hydrogens is 332 g/mol. The van der Waals surface area contributed by atoms with E-state index in [0.29, 0.717) is 24.4 Å². The third-order valence-electron chi connectivity index (χ3n) is 5.25. The van der Waals surface area contributed by atoms with Crippen LogP contribution in [0.4, 0.5) is 0 Å². The maximum absolute atomic E-state index is 13.0. The lowest BCUT2D eigenvalue weighted by atomic mass is 9.89. The Morgan fingerprint density at radius 3 is 2.46 bits per heavy atom. The molecule has 0 radical (unpaired) electrons. The van der Waals surface area contributed by atoms with E-state index >= 15 is 0 Å². The van der Waals surface area contributed by atoms with Crippen LogP contribution in [0.3, 0.4) is 0 Å². The van der Waals surface area contributed by atoms with Crippen LogP contribution in [0.15, 0.2) is 29.1 Å². The Morgan fingerprint density at radius 2 is 1.77 bits per heavy atom. The molecule has 0 aliphatic heterocycles. The third-order valence-corrected chi connectivity index (χ3v) is 5.25. The smallest absolute Gasteiger partial charge is 0.335 e. The Morgan fingerprint density at radius 1 is 1.08 bits per heavy atom. The largest absolute Gasteiger partial charge is 0.469 e. The second-order valence-electron chi connectivity index (χ2n) is 7.04. The summed E-state index contributed by atoms with van der Waals surface area (Å²) in [7, 11) is 1.33. The zero-order valence-electron chi connectivity index (χ0n) is 15.3. The van der Waals surface area contributed by atoms with Crippen LogP contribution in [0.25, 0.3) is 11.0 Å². The average molecular weight is 358 g/mol. The molecule has 6 heteroatoms. The van der Waals surface area contributed by atoms with Gasteiger partial charge >= 0.3 is 11.7 Å². The van der Waals surface area contributed by atoms with Gasteiger partial charge in [0.2, 0.25) is 5.91 Å². The molecule has 1 aromatic carbocycles. The van der Waals surface area contributed by atoms with Gasteiger partial charge < -0.3 is 4.74 Å². The minimum Gasteiger partial charge on any atom is -0.469 e. The van der Waals surface area contributed by atoms with Crippen LogP contribution in [0.1, 0.15) is 56.2 Å². The standard InChI is InChI=1S/C20H26N2O4/c1-26-19(24)13-7-12-18(23)22-17-11-6-5-10-16(17)21(20(22)25)14-15-8-3-2-4-9-15/h5-6,10-11,15H,2-4,7-9,12-14H2,1H3. The SMILES string of the molecule is COC(=O)CCCC(=O)n1c(=O)n(CC2CCCCC2)c2ccccc21. The third kappa shape index (κ3) is 3.89. The molecule has 0 N–H and O–H groups in total. The van der Waals surface area contributed by atoms with Crippen molar-refractivity contribution in [1.82, 2.24) is 9.13 Å². The van der Waals surface area contributed by atoms with Crippen molar-refractivity contribution in [2.75, 3.05) is 7.11 Å². The molecule has 1 heterocycles. The van der Waals surface area contributed by atoms with Crippen LogP contribution < -0.4 is 5.69 Å². The molecule has 0 atom stereocenters. The molecule has 0 spiro atoms. The molecule has 3 rings (SSSR count). The van der Waals surface area contributed by atoms with Gasteiger partial charge in [-0.05, 0) is 37.3 Å². The molecule has 0 saturated heterocycles. The fraction of sp³-hybridized carbons (Fsp3) is 0.550. The second-order valence-corrected chi connectivity index (χ2v) is 7.04. The Hall–Kier alpha value is -2.37. The molecule has 1 aliphatic carbocycles. The highest BCUT2D eigenvalue weighted by Crippen LogP contribution is 2.26. The second kappa shape index (κ2) is 8.34. The van der Waals surface area contributed by atoms with Crippen molar-refractivity contribution in [3.8, 4) is 0 Å². The average Bonchev–Trinajstić information content (AvgIpc) is 2.94. The highest BCUT2D eigenvalue weighted by Gasteiger charge is 2.21. The number of methoxy groups -OCH3 is 1. The topological polar surface area (TPSA) is 70.3 Å². The zero-order valence-corrected chi connectivity index (χ0v) is 15.3. The summed E-state index contributed by atoms with van der Waals surface area (Å²) in [5.41, 5.74) is 1.20. The summed E-state index contributed by atoms with van der Waals surface area (Å²) in [6, 6.07) is 7.44. The lowest BCUT2D eigenvalue weighted by molar-refractivity contribution is -0.140. The lowest BCUT2D eigenvalue weighted by Crippen LogP contribution is -2.31. The number of aromatic nitrogens is 2. The maximum Gasteiger partial charge on any atom is 0.335 e. The van der Waals surface area contributed by atoms with Gasteiger partial charge in [0.15, 0.2) is 0 Å². The molecular formula is C20H26N2O4. The Labute approximate surface area is 152 Å². The number of imidazole rings is 1. The van der Waals surface area contributed by atoms with Crippen LogP contribution in [-0.2, 0) is 16.1 Å². The van der Waals surface area contributed by atoms with Crippen LogP contribution in [-0.4, -0.2) is 28.1 Å². The van der Waals surface area contributed by atoms with Crippen molar-refractivity contribution >= 4 is 22.9 Å². The van der Waals surface area contributed by atoms with Gasteiger partial charge in [0.05, 0.1) is 18.1 Å². The van der Waals surface area contributed by atoms with Crippen molar-refractivity contribution in [3.63, 3.8) is 0 Å². The van der Waals surface area contributed by atoms with Crippen LogP contribution in [0, 0.1) is 5.92 Å². The lowest BCUT2D eigenvalue weighted by Gasteiger charge is -2.21. The number of para-hydroxylation sites is 2. The van der Waals surface area contributed by atoms with Crippen molar-refractivity contribution in [2.45, 2.75) is 57.9 Å². The predicted molar refractivity (Wildman–Crippen MR) is 99.3 cm³/mol. The maximum atomic E-state index is 13.0. The van der Waals surface area contributed by atoms with Gasteiger partial charge in [-0.3, -0.25) is 14.2 Å². The summed E-state index contributed by atoms with van der Waals surface area (Å²) in [6.45, 7) is 0.668. The fourth-order valence-electron chi connectivity index (χ4n) is 3.85. The number of hydrogen-bond donors (Lipinski definition) is 0. The quantitative estimate of drug-likeness (QED) is 0.743. The van der Waals surface area contributed by atoms with E-state index in [1.54, 1.807) is 4.57 Å². The number of esters is 1. The van der Waals surface area contributed by atoms with Crippen molar-refractivity contribution in [1.29, 1.82) is 0 Å². The number of hydrogen-bond acceptors (Lipinski definition) is 4. The van der Waals surface area contributed by atoms with Gasteiger partial charge in [-0.15, -0.1) is 0 Å². The van der Waals surface area contributed by atoms with E-state index in [-0.39, 0.29) is 30.4 Å². The Kier molecular flexibility index (Phi) is 5.91. The summed E-state index contributed by atoms with van der Waals surface area (Å²) in [6.07, 6.45) is 6.67. The first-order valence-electron chi connectivity index (χ1n) is 9.42. The van der Waals surface area contributed by atoms with Gasteiger partial charge in [0.25, 0.3) is 0 Å². The number of fused-ring (bicyclic) bond motifs is 1. The number of carbonyl (C=O) groups is 2. The molecule has 1 aromatic heterocycles. The number of rotatable bonds is 6. The van der Waals surface area contributed by atoms with Crippen molar-refractivity contribution < 1.29 is 14.3 Å². The summed E-state index contributed by atoms with van der Waals surface area (Å²) in [5, 5.41) is 0. The minimum absolute atomic E-state index is 0.145. The summed E-state index contributed by atoms with van der Waals surface area (Å²) in [4.78, 5) is 36.9. The zero-order chi connectivity index (χ0) is 18.5. The first-order valence-corrected chi connectivity index (χ1v) is 9.42. The van der Waals surface area contributed by atoms with Gasteiger partial charge in [0, 0.05) is 19.4 Å². The molecule has 0 unspecified atom stereocenters. The molecule has 1 aliphatic rings. The van der Waals surface area contributed by atoms with E-state index in [2.05, 4.69) is 4.74 Å². The van der Waals surface area contributed by atoms with E-state index in [9.17, 15) is 14.4 Å². The normalized spacial score (nSPS) is 15.3. The molecule has 0 amide bonds. The van der Waals surface area contributed by atoms with E-state index in [1.807, 2.05) is 24.3 Å². The highest BCUT2D eigenvalue weighted by atomic mass is 16.5. The summed E-state index contributed by atoms with van der Waals surface area (Å²) < 4.78 is 7.62. The predicted octanol–water partition coefficient (Wildman–Crippen LogP) is 3.37. The molecule has 26 heavy (non-hydrogen) atoms. The van der Waals surface area contributed by atoms with Gasteiger partial charge in [-0.1, -0.05) is 31.4 Å². The summed E-state index contributed by atoms with van der Waals surface area (Å²) >= 11 is 0. The highest BCUT2D eigenvalue weighted by molar-refractivity contribution is 5.90. The first-order chi connectivity index (χ1) is 12.6. The van der Waals surface area contributed by atoms with E-state index in [0.717, 1.165) is 18.4 Å². The number of ether oxygens (including phenoxy) is 1. The van der Waals surface area contributed by atoms with Crippen LogP contribution >= 0.6 is 0 Å². The van der Waals surface area contributed by atoms with E-state index < -0.39 is 0 Å². The first kappa shape index (κ1) is 18.4. The molecule has 6 nitrogen and oxygen atoms in total. The minimum atomic E-state index is -0.343. The van der Waals surface area contributed by atoms with Gasteiger partial charge in [-0.25, -0.2) is 9.36 Å². The summed E-state index contributed by atoms with van der Waals surface area (Å²) in [5.74, 6) is -0.113. The van der Waals surface area contributed by atoms with Crippen molar-refractivity contribution in [2.24, 2.45) is 5.92 Å². The molecule has 2 aromatic rings. The molecule has 140 valence electrons. The van der Waals surface area contributed by atoms with Crippen LogP contribution in [0.2, 0.25) is 0 Å². The molecule has 1 fully saturated rings. The molecule has 1 saturated carbocycles. The van der Waals surface area contributed by atoms with E-state index in [4.69, 9.17) is 0 Å². The number of benzene rings is 1. The van der Waals surface area contributed by atoms with E-state index in [1.165, 1.54) is 30.9 Å². The van der Waals surface area contributed by atoms with Crippen molar-refractivity contribution in [3.05, 3.63) is 34.7 Å². The van der Waals surface area contributed by atoms with Crippen LogP contribution in [0.5, 0.6) is 0 Å². The Balaban J connectivity index is 1.85. The number of nitrogens with zero attached hydrogens (tertiary/aromatic N) is 2. The molecule has 0 bridgehead atoms. The van der Waals surface area contributed by atoms with Gasteiger partial charge in [0.1, 0.15) is 0 Å².